The van der Waals surface area contributed by atoms with E-state index < -0.39 is 0 Å². The summed E-state index contributed by atoms with van der Waals surface area (Å²) in [5.74, 6) is 5.66. The number of nitrogens with two attached hydrogens (primary N) is 1. The highest BCUT2D eigenvalue weighted by Gasteiger charge is 2.13. The molecule has 0 bridgehead atoms. The standard InChI is InChI=1S/C14H19N3O/c1-18-10-4-8-13(17-15)12-7-2-5-11-6-3-9-16-14(11)12/h2-3,5-7,9,13,17H,4,8,10,15H2,1H3. The van der Waals surface area contributed by atoms with Crippen LogP contribution in [0.25, 0.3) is 10.9 Å². The van der Waals surface area contributed by atoms with Gasteiger partial charge in [0.1, 0.15) is 0 Å². The molecule has 1 heterocycles. The van der Waals surface area contributed by atoms with E-state index in [1.807, 2.05) is 18.3 Å². The lowest BCUT2D eigenvalue weighted by Crippen LogP contribution is -2.28. The third-order valence-corrected chi connectivity index (χ3v) is 3.08. The Bertz CT molecular complexity index is 496. The number of para-hydroxylation sites is 1. The number of aromatic nitrogens is 1. The van der Waals surface area contributed by atoms with Crippen molar-refractivity contribution in [1.82, 2.24) is 10.4 Å². The number of hydrazine groups is 1. The fraction of sp³-hybridized carbons (Fsp3) is 0.357. The molecule has 0 saturated carbocycles. The molecular formula is C14H19N3O. The van der Waals surface area contributed by atoms with E-state index in [1.54, 1.807) is 7.11 Å². The SMILES string of the molecule is COCCCC(NN)c1cccc2cccnc12. The quantitative estimate of drug-likeness (QED) is 0.465. The van der Waals surface area contributed by atoms with E-state index in [9.17, 15) is 0 Å². The Labute approximate surface area is 107 Å². The first kappa shape index (κ1) is 13.0. The molecule has 2 rings (SSSR count). The minimum absolute atomic E-state index is 0.110. The van der Waals surface area contributed by atoms with Crippen molar-refractivity contribution in [3.05, 3.63) is 42.1 Å². The maximum atomic E-state index is 5.66. The highest BCUT2D eigenvalue weighted by molar-refractivity contribution is 5.81. The first-order valence-corrected chi connectivity index (χ1v) is 6.15. The molecule has 18 heavy (non-hydrogen) atoms. The van der Waals surface area contributed by atoms with Gasteiger partial charge in [-0.05, 0) is 24.5 Å². The van der Waals surface area contributed by atoms with Gasteiger partial charge in [-0.15, -0.1) is 0 Å². The predicted molar refractivity (Wildman–Crippen MR) is 72.9 cm³/mol. The average molecular weight is 245 g/mol. The van der Waals surface area contributed by atoms with Gasteiger partial charge in [0.05, 0.1) is 5.52 Å². The van der Waals surface area contributed by atoms with E-state index >= 15 is 0 Å². The molecule has 96 valence electrons. The molecule has 1 aromatic carbocycles. The summed E-state index contributed by atoms with van der Waals surface area (Å²) < 4.78 is 5.08. The van der Waals surface area contributed by atoms with E-state index in [0.29, 0.717) is 0 Å². The second kappa shape index (κ2) is 6.44. The maximum absolute atomic E-state index is 5.66. The zero-order valence-electron chi connectivity index (χ0n) is 10.6. The van der Waals surface area contributed by atoms with Crippen molar-refractivity contribution in [3.63, 3.8) is 0 Å². The smallest absolute Gasteiger partial charge is 0.0750 e. The van der Waals surface area contributed by atoms with Crippen LogP contribution in [-0.2, 0) is 4.74 Å². The van der Waals surface area contributed by atoms with Crippen LogP contribution >= 0.6 is 0 Å². The number of methoxy groups -OCH3 is 1. The van der Waals surface area contributed by atoms with Gasteiger partial charge in [0.25, 0.3) is 0 Å². The third kappa shape index (κ3) is 2.85. The Hall–Kier alpha value is -1.49. The third-order valence-electron chi connectivity index (χ3n) is 3.08. The van der Waals surface area contributed by atoms with Crippen LogP contribution in [-0.4, -0.2) is 18.7 Å². The van der Waals surface area contributed by atoms with E-state index in [4.69, 9.17) is 10.6 Å². The number of pyridine rings is 1. The first-order valence-electron chi connectivity index (χ1n) is 6.15. The van der Waals surface area contributed by atoms with E-state index in [1.165, 1.54) is 0 Å². The fourth-order valence-corrected chi connectivity index (χ4v) is 2.17. The number of benzene rings is 1. The van der Waals surface area contributed by atoms with Crippen LogP contribution in [0.5, 0.6) is 0 Å². The van der Waals surface area contributed by atoms with Gasteiger partial charge in [0, 0.05) is 31.3 Å². The topological polar surface area (TPSA) is 60.2 Å². The molecule has 0 aliphatic heterocycles. The molecule has 1 aromatic heterocycles. The summed E-state index contributed by atoms with van der Waals surface area (Å²) in [6.07, 6.45) is 3.71. The fourth-order valence-electron chi connectivity index (χ4n) is 2.17. The largest absolute Gasteiger partial charge is 0.385 e. The number of hydrogen-bond donors (Lipinski definition) is 2. The summed E-state index contributed by atoms with van der Waals surface area (Å²) >= 11 is 0. The van der Waals surface area contributed by atoms with Crippen LogP contribution in [0.4, 0.5) is 0 Å². The second-order valence-electron chi connectivity index (χ2n) is 4.28. The molecule has 0 radical (unpaired) electrons. The van der Waals surface area contributed by atoms with Crippen molar-refractivity contribution in [3.8, 4) is 0 Å². The Balaban J connectivity index is 2.27. The second-order valence-corrected chi connectivity index (χ2v) is 4.28. The average Bonchev–Trinajstić information content (AvgIpc) is 2.43. The molecule has 0 fully saturated rings. The molecule has 4 nitrogen and oxygen atoms in total. The zero-order valence-corrected chi connectivity index (χ0v) is 10.6. The summed E-state index contributed by atoms with van der Waals surface area (Å²) in [5.41, 5.74) is 5.03. The van der Waals surface area contributed by atoms with E-state index in [-0.39, 0.29) is 6.04 Å². The van der Waals surface area contributed by atoms with Crippen LogP contribution in [0.3, 0.4) is 0 Å². The monoisotopic (exact) mass is 245 g/mol. The number of fused-ring (bicyclic) bond motifs is 1. The lowest BCUT2D eigenvalue weighted by atomic mass is 9.99. The highest BCUT2D eigenvalue weighted by atomic mass is 16.5. The van der Waals surface area contributed by atoms with Crippen molar-refractivity contribution in [2.45, 2.75) is 18.9 Å². The number of nitrogens with one attached hydrogen (secondary N) is 1. The summed E-state index contributed by atoms with van der Waals surface area (Å²) in [5, 5.41) is 1.14. The molecule has 4 heteroatoms. The van der Waals surface area contributed by atoms with Gasteiger partial charge in [-0.3, -0.25) is 16.3 Å². The summed E-state index contributed by atoms with van der Waals surface area (Å²) in [7, 11) is 1.71. The summed E-state index contributed by atoms with van der Waals surface area (Å²) in [6.45, 7) is 0.746. The van der Waals surface area contributed by atoms with Crippen molar-refractivity contribution >= 4 is 10.9 Å². The molecular weight excluding hydrogens is 226 g/mol. The van der Waals surface area contributed by atoms with Crippen LogP contribution < -0.4 is 11.3 Å². The maximum Gasteiger partial charge on any atom is 0.0750 e. The normalized spacial score (nSPS) is 12.8. The highest BCUT2D eigenvalue weighted by Crippen LogP contribution is 2.24. The Morgan fingerprint density at radius 3 is 2.94 bits per heavy atom. The van der Waals surface area contributed by atoms with Crippen LogP contribution in [0.1, 0.15) is 24.4 Å². The van der Waals surface area contributed by atoms with Crippen molar-refractivity contribution in [2.75, 3.05) is 13.7 Å². The summed E-state index contributed by atoms with van der Waals surface area (Å²) in [6, 6.07) is 10.3. The van der Waals surface area contributed by atoms with Gasteiger partial charge in [-0.25, -0.2) is 0 Å². The Kier molecular flexibility index (Phi) is 4.64. The number of rotatable bonds is 6. The lowest BCUT2D eigenvalue weighted by Gasteiger charge is -2.17. The van der Waals surface area contributed by atoms with Gasteiger partial charge in [-0.1, -0.05) is 24.3 Å². The van der Waals surface area contributed by atoms with Crippen molar-refractivity contribution in [2.24, 2.45) is 5.84 Å². The number of ether oxygens (including phenoxy) is 1. The predicted octanol–water partition coefficient (Wildman–Crippen LogP) is 2.17. The molecule has 0 amide bonds. The van der Waals surface area contributed by atoms with Crippen LogP contribution in [0.15, 0.2) is 36.5 Å². The molecule has 3 N–H and O–H groups in total. The molecule has 1 atom stereocenters. The minimum Gasteiger partial charge on any atom is -0.385 e. The number of nitrogens with zero attached hydrogens (tertiary/aromatic N) is 1. The molecule has 1 unspecified atom stereocenters. The molecule has 0 aliphatic rings. The molecule has 2 aromatic rings. The van der Waals surface area contributed by atoms with Gasteiger partial charge in [-0.2, -0.15) is 0 Å². The van der Waals surface area contributed by atoms with E-state index in [0.717, 1.165) is 35.9 Å². The van der Waals surface area contributed by atoms with Gasteiger partial charge in [0.2, 0.25) is 0 Å². The Morgan fingerprint density at radius 2 is 2.17 bits per heavy atom. The summed E-state index contributed by atoms with van der Waals surface area (Å²) in [4.78, 5) is 4.45. The zero-order chi connectivity index (χ0) is 12.8. The van der Waals surface area contributed by atoms with Crippen LogP contribution in [0, 0.1) is 0 Å². The first-order chi connectivity index (χ1) is 8.86. The molecule has 0 aliphatic carbocycles. The van der Waals surface area contributed by atoms with Crippen molar-refractivity contribution < 1.29 is 4.74 Å². The van der Waals surface area contributed by atoms with Crippen LogP contribution in [0.2, 0.25) is 0 Å². The van der Waals surface area contributed by atoms with Gasteiger partial charge < -0.3 is 4.74 Å². The lowest BCUT2D eigenvalue weighted by molar-refractivity contribution is 0.189. The van der Waals surface area contributed by atoms with Gasteiger partial charge >= 0.3 is 0 Å². The van der Waals surface area contributed by atoms with Crippen molar-refractivity contribution in [1.29, 1.82) is 0 Å². The number of hydrogen-bond acceptors (Lipinski definition) is 4. The van der Waals surface area contributed by atoms with E-state index in [2.05, 4.69) is 28.6 Å². The Morgan fingerprint density at radius 1 is 1.33 bits per heavy atom. The molecule has 0 spiro atoms. The minimum atomic E-state index is 0.110. The molecule has 0 saturated heterocycles. The van der Waals surface area contributed by atoms with Gasteiger partial charge in [0.15, 0.2) is 0 Å².